The Hall–Kier alpha value is -1.69. The van der Waals surface area contributed by atoms with Crippen LogP contribution in [0.5, 0.6) is 0 Å². The number of carbonyl (C=O) groups is 1. The first kappa shape index (κ1) is 14.7. The molecule has 6 heteroatoms. The molecule has 20 heavy (non-hydrogen) atoms. The fourth-order valence-corrected chi connectivity index (χ4v) is 2.28. The molecular weight excluding hydrogens is 256 g/mol. The third kappa shape index (κ3) is 3.90. The first-order valence-corrected chi connectivity index (χ1v) is 7.07. The third-order valence-corrected chi connectivity index (χ3v) is 3.44. The molecule has 110 valence electrons. The van der Waals surface area contributed by atoms with E-state index in [1.54, 1.807) is 6.92 Å². The van der Waals surface area contributed by atoms with Gasteiger partial charge >= 0.3 is 0 Å². The second-order valence-electron chi connectivity index (χ2n) is 5.42. The van der Waals surface area contributed by atoms with Crippen LogP contribution in [0.3, 0.4) is 0 Å². The number of hydrogen-bond donors (Lipinski definition) is 3. The number of H-pyrrole nitrogens is 1. The Morgan fingerprint density at radius 3 is 2.75 bits per heavy atom. The van der Waals surface area contributed by atoms with E-state index in [1.807, 2.05) is 13.8 Å². The van der Waals surface area contributed by atoms with Crippen LogP contribution >= 0.6 is 0 Å². The summed E-state index contributed by atoms with van der Waals surface area (Å²) in [7, 11) is 0. The summed E-state index contributed by atoms with van der Waals surface area (Å²) in [6.07, 6.45) is 2.62. The summed E-state index contributed by atoms with van der Waals surface area (Å²) in [4.78, 5) is 30.5. The average molecular weight is 278 g/mol. The van der Waals surface area contributed by atoms with Crippen LogP contribution in [0.4, 0.5) is 0 Å². The van der Waals surface area contributed by atoms with Crippen molar-refractivity contribution in [2.24, 2.45) is 0 Å². The van der Waals surface area contributed by atoms with Gasteiger partial charge in [0, 0.05) is 30.7 Å². The van der Waals surface area contributed by atoms with Crippen LogP contribution < -0.4 is 16.2 Å². The van der Waals surface area contributed by atoms with Gasteiger partial charge in [0.15, 0.2) is 0 Å². The van der Waals surface area contributed by atoms with E-state index in [0.717, 1.165) is 18.5 Å². The van der Waals surface area contributed by atoms with Gasteiger partial charge < -0.3 is 15.6 Å². The summed E-state index contributed by atoms with van der Waals surface area (Å²) in [6, 6.07) is 0.270. The number of rotatable bonds is 6. The lowest BCUT2D eigenvalue weighted by Gasteiger charge is -2.15. The van der Waals surface area contributed by atoms with Gasteiger partial charge in [0.2, 0.25) is 5.91 Å². The van der Waals surface area contributed by atoms with Gasteiger partial charge in [0.1, 0.15) is 5.82 Å². The maximum atomic E-state index is 11.9. The zero-order chi connectivity index (χ0) is 14.7. The van der Waals surface area contributed by atoms with Crippen LogP contribution in [0.1, 0.15) is 49.3 Å². The SMILES string of the molecule is Cc1nc(C)c(C(C)NCCC(=O)NC2CC2)c(=O)[nH]1. The number of carbonyl (C=O) groups excluding carboxylic acids is 1. The lowest BCUT2D eigenvalue weighted by atomic mass is 10.1. The molecule has 1 aromatic heterocycles. The zero-order valence-corrected chi connectivity index (χ0v) is 12.2. The molecule has 1 aromatic rings. The molecule has 1 atom stereocenters. The quantitative estimate of drug-likeness (QED) is 0.715. The highest BCUT2D eigenvalue weighted by Crippen LogP contribution is 2.18. The smallest absolute Gasteiger partial charge is 0.255 e. The lowest BCUT2D eigenvalue weighted by Crippen LogP contribution is -2.32. The number of aryl methyl sites for hydroxylation is 2. The van der Waals surface area contributed by atoms with Gasteiger partial charge in [0.25, 0.3) is 5.56 Å². The summed E-state index contributed by atoms with van der Waals surface area (Å²) in [6.45, 7) is 6.05. The van der Waals surface area contributed by atoms with E-state index in [1.165, 1.54) is 0 Å². The van der Waals surface area contributed by atoms with Crippen molar-refractivity contribution in [3.05, 3.63) is 27.4 Å². The second kappa shape index (κ2) is 6.17. The van der Waals surface area contributed by atoms with E-state index < -0.39 is 0 Å². The van der Waals surface area contributed by atoms with Crippen molar-refractivity contribution in [2.75, 3.05) is 6.54 Å². The Balaban J connectivity index is 1.86. The van der Waals surface area contributed by atoms with E-state index in [9.17, 15) is 9.59 Å². The molecule has 0 aromatic carbocycles. The van der Waals surface area contributed by atoms with Crippen molar-refractivity contribution in [3.63, 3.8) is 0 Å². The predicted octanol–water partition coefficient (Wildman–Crippen LogP) is 0.706. The molecule has 0 bridgehead atoms. The van der Waals surface area contributed by atoms with E-state index in [0.29, 0.717) is 30.4 Å². The fourth-order valence-electron chi connectivity index (χ4n) is 2.28. The van der Waals surface area contributed by atoms with Gasteiger partial charge in [0.05, 0.1) is 5.56 Å². The number of nitrogens with zero attached hydrogens (tertiary/aromatic N) is 1. The first-order valence-electron chi connectivity index (χ1n) is 7.07. The minimum Gasteiger partial charge on any atom is -0.353 e. The summed E-state index contributed by atoms with van der Waals surface area (Å²) in [5.74, 6) is 0.687. The molecule has 1 fully saturated rings. The Morgan fingerprint density at radius 2 is 2.15 bits per heavy atom. The molecule has 1 heterocycles. The molecular formula is C14H22N4O2. The number of nitrogens with one attached hydrogen (secondary N) is 3. The number of aromatic amines is 1. The van der Waals surface area contributed by atoms with Gasteiger partial charge in [-0.15, -0.1) is 0 Å². The van der Waals surface area contributed by atoms with Crippen LogP contribution in [0, 0.1) is 13.8 Å². The van der Waals surface area contributed by atoms with Gasteiger partial charge in [-0.2, -0.15) is 0 Å². The Bertz CT molecular complexity index is 549. The summed E-state index contributed by atoms with van der Waals surface area (Å²) < 4.78 is 0. The minimum absolute atomic E-state index is 0.0693. The molecule has 1 unspecified atom stereocenters. The maximum Gasteiger partial charge on any atom is 0.255 e. The first-order chi connectivity index (χ1) is 9.47. The Labute approximate surface area is 118 Å². The van der Waals surface area contributed by atoms with Crippen molar-refractivity contribution in [2.45, 2.75) is 52.1 Å². The van der Waals surface area contributed by atoms with E-state index in [2.05, 4.69) is 20.6 Å². The molecule has 0 aliphatic heterocycles. The molecule has 0 saturated heterocycles. The van der Waals surface area contributed by atoms with Crippen LogP contribution in [-0.2, 0) is 4.79 Å². The average Bonchev–Trinajstić information content (AvgIpc) is 3.11. The Kier molecular flexibility index (Phi) is 4.54. The fraction of sp³-hybridized carbons (Fsp3) is 0.643. The standard InChI is InChI=1S/C14H22N4O2/c1-8(13-9(2)16-10(3)17-14(13)20)15-7-6-12(19)18-11-4-5-11/h8,11,15H,4-7H2,1-3H3,(H,18,19)(H,16,17,20). The summed E-state index contributed by atoms with van der Waals surface area (Å²) in [5, 5.41) is 6.14. The molecule has 1 aliphatic rings. The highest BCUT2D eigenvalue weighted by molar-refractivity contribution is 5.76. The molecule has 3 N–H and O–H groups in total. The van der Waals surface area contributed by atoms with Gasteiger partial charge in [-0.3, -0.25) is 9.59 Å². The predicted molar refractivity (Wildman–Crippen MR) is 76.5 cm³/mol. The number of amides is 1. The number of aromatic nitrogens is 2. The van der Waals surface area contributed by atoms with Gasteiger partial charge in [-0.1, -0.05) is 0 Å². The normalized spacial score (nSPS) is 15.9. The molecule has 0 radical (unpaired) electrons. The van der Waals surface area contributed by atoms with Crippen LogP contribution in [0.2, 0.25) is 0 Å². The van der Waals surface area contributed by atoms with E-state index in [-0.39, 0.29) is 17.5 Å². The largest absolute Gasteiger partial charge is 0.353 e. The topological polar surface area (TPSA) is 86.9 Å². The van der Waals surface area contributed by atoms with E-state index in [4.69, 9.17) is 0 Å². The Morgan fingerprint density at radius 1 is 1.45 bits per heavy atom. The highest BCUT2D eigenvalue weighted by Gasteiger charge is 2.23. The van der Waals surface area contributed by atoms with Crippen molar-refractivity contribution in [3.8, 4) is 0 Å². The van der Waals surface area contributed by atoms with Crippen LogP contribution in [0.25, 0.3) is 0 Å². The summed E-state index contributed by atoms with van der Waals surface area (Å²) in [5.41, 5.74) is 1.25. The summed E-state index contributed by atoms with van der Waals surface area (Å²) >= 11 is 0. The minimum atomic E-state index is -0.124. The zero-order valence-electron chi connectivity index (χ0n) is 12.2. The van der Waals surface area contributed by atoms with Crippen molar-refractivity contribution < 1.29 is 4.79 Å². The van der Waals surface area contributed by atoms with Gasteiger partial charge in [-0.25, -0.2) is 4.98 Å². The van der Waals surface area contributed by atoms with Crippen LogP contribution in [-0.4, -0.2) is 28.5 Å². The molecule has 0 spiro atoms. The third-order valence-electron chi connectivity index (χ3n) is 3.44. The molecule has 1 saturated carbocycles. The molecule has 2 rings (SSSR count). The maximum absolute atomic E-state index is 11.9. The van der Waals surface area contributed by atoms with Crippen LogP contribution in [0.15, 0.2) is 4.79 Å². The second-order valence-corrected chi connectivity index (χ2v) is 5.42. The van der Waals surface area contributed by atoms with Crippen molar-refractivity contribution in [1.82, 2.24) is 20.6 Å². The molecule has 1 amide bonds. The monoisotopic (exact) mass is 278 g/mol. The molecule has 6 nitrogen and oxygen atoms in total. The molecule has 1 aliphatic carbocycles. The van der Waals surface area contributed by atoms with Crippen molar-refractivity contribution in [1.29, 1.82) is 0 Å². The number of hydrogen-bond acceptors (Lipinski definition) is 4. The van der Waals surface area contributed by atoms with E-state index >= 15 is 0 Å². The lowest BCUT2D eigenvalue weighted by molar-refractivity contribution is -0.121. The highest BCUT2D eigenvalue weighted by atomic mass is 16.1. The van der Waals surface area contributed by atoms with Gasteiger partial charge in [-0.05, 0) is 33.6 Å². The van der Waals surface area contributed by atoms with Crippen molar-refractivity contribution >= 4 is 5.91 Å².